The summed E-state index contributed by atoms with van der Waals surface area (Å²) in [7, 11) is 0. The van der Waals surface area contributed by atoms with E-state index in [-0.39, 0.29) is 11.7 Å². The van der Waals surface area contributed by atoms with Crippen LogP contribution < -0.4 is 0 Å². The van der Waals surface area contributed by atoms with Crippen molar-refractivity contribution in [1.29, 1.82) is 0 Å². The van der Waals surface area contributed by atoms with Crippen LogP contribution in [0.1, 0.15) is 112 Å². The third-order valence-electron chi connectivity index (χ3n) is 9.34. The second kappa shape index (κ2) is 10.8. The lowest BCUT2D eigenvalue weighted by Gasteiger charge is -2.36. The number of hydrogen-bond acceptors (Lipinski definition) is 2. The normalized spacial score (nSPS) is 28.9. The van der Waals surface area contributed by atoms with E-state index in [4.69, 9.17) is 4.74 Å². The third-order valence-corrected chi connectivity index (χ3v) is 9.34. The first-order valence-corrected chi connectivity index (χ1v) is 14.2. The minimum Gasteiger partial charge on any atom is -0.458 e. The molecule has 2 aromatic carbocycles. The number of ether oxygens (including phenoxy) is 1. The second-order valence-electron chi connectivity index (χ2n) is 11.4. The number of carbonyl (C=O) groups excluding carboxylic acids is 1. The van der Waals surface area contributed by atoms with Gasteiger partial charge in [0.25, 0.3) is 0 Å². The topological polar surface area (TPSA) is 26.3 Å². The fraction of sp³-hybridized carbons (Fsp3) is 0.594. The molecule has 188 valence electrons. The standard InChI is InChI=1S/C32H41FO2/c1-3-5-22-8-12-26(13-9-22)29-20-27-18-19-28(31(33)30(27)32(34)35-29)25-16-14-24(15-17-25)23-10-6-21(4-2)7-11-23/h14-19,21-23,26,29H,3-13,20H2,1-2H3. The predicted molar refractivity (Wildman–Crippen MR) is 140 cm³/mol. The molecule has 1 aliphatic heterocycles. The number of rotatable bonds is 6. The Kier molecular flexibility index (Phi) is 7.60. The molecule has 1 heterocycles. The summed E-state index contributed by atoms with van der Waals surface area (Å²) in [6, 6.07) is 12.2. The summed E-state index contributed by atoms with van der Waals surface area (Å²) in [5.74, 6) is 1.82. The Morgan fingerprint density at radius 1 is 0.857 bits per heavy atom. The van der Waals surface area contributed by atoms with Crippen molar-refractivity contribution in [2.75, 3.05) is 0 Å². The molecule has 2 fully saturated rings. The van der Waals surface area contributed by atoms with Crippen LogP contribution in [-0.2, 0) is 11.2 Å². The first kappa shape index (κ1) is 24.5. The summed E-state index contributed by atoms with van der Waals surface area (Å²) >= 11 is 0. The molecule has 2 aliphatic carbocycles. The van der Waals surface area contributed by atoms with Crippen molar-refractivity contribution in [3.05, 3.63) is 58.9 Å². The summed E-state index contributed by atoms with van der Waals surface area (Å²) in [4.78, 5) is 13.0. The Labute approximate surface area is 210 Å². The van der Waals surface area contributed by atoms with E-state index in [1.54, 1.807) is 0 Å². The van der Waals surface area contributed by atoms with Crippen LogP contribution in [0.15, 0.2) is 36.4 Å². The molecular weight excluding hydrogens is 435 g/mol. The monoisotopic (exact) mass is 476 g/mol. The van der Waals surface area contributed by atoms with Crippen LogP contribution in [-0.4, -0.2) is 12.1 Å². The smallest absolute Gasteiger partial charge is 0.341 e. The molecular formula is C32H41FO2. The van der Waals surface area contributed by atoms with Gasteiger partial charge in [-0.15, -0.1) is 0 Å². The van der Waals surface area contributed by atoms with Gasteiger partial charge in [-0.3, -0.25) is 0 Å². The van der Waals surface area contributed by atoms with Crippen molar-refractivity contribution in [3.8, 4) is 11.1 Å². The maximum Gasteiger partial charge on any atom is 0.341 e. The van der Waals surface area contributed by atoms with Gasteiger partial charge in [0.1, 0.15) is 11.9 Å². The zero-order chi connectivity index (χ0) is 24.4. The lowest BCUT2D eigenvalue weighted by molar-refractivity contribution is -0.000877. The highest BCUT2D eigenvalue weighted by atomic mass is 19.1. The molecule has 5 rings (SSSR count). The highest BCUT2D eigenvalue weighted by Gasteiger charge is 2.36. The van der Waals surface area contributed by atoms with Crippen molar-refractivity contribution in [2.45, 2.75) is 103 Å². The molecule has 1 unspecified atom stereocenters. The Hall–Kier alpha value is -2.16. The molecule has 0 aromatic heterocycles. The lowest BCUT2D eigenvalue weighted by atomic mass is 9.76. The van der Waals surface area contributed by atoms with Crippen LogP contribution in [0.2, 0.25) is 0 Å². The highest BCUT2D eigenvalue weighted by molar-refractivity contribution is 5.94. The van der Waals surface area contributed by atoms with Gasteiger partial charge in [0, 0.05) is 12.0 Å². The largest absolute Gasteiger partial charge is 0.458 e. The second-order valence-corrected chi connectivity index (χ2v) is 11.4. The fourth-order valence-electron chi connectivity index (χ4n) is 7.04. The van der Waals surface area contributed by atoms with Crippen LogP contribution in [0.4, 0.5) is 4.39 Å². The Balaban J connectivity index is 1.29. The van der Waals surface area contributed by atoms with Crippen molar-refractivity contribution >= 4 is 5.97 Å². The van der Waals surface area contributed by atoms with E-state index >= 15 is 4.39 Å². The first-order valence-electron chi connectivity index (χ1n) is 14.2. The molecule has 0 spiro atoms. The van der Waals surface area contributed by atoms with E-state index in [0.717, 1.165) is 35.8 Å². The molecule has 3 aliphatic rings. The Morgan fingerprint density at radius 3 is 2.20 bits per heavy atom. The van der Waals surface area contributed by atoms with Crippen LogP contribution in [0.3, 0.4) is 0 Å². The minimum atomic E-state index is -0.476. The maximum atomic E-state index is 15.6. The maximum absolute atomic E-state index is 15.6. The van der Waals surface area contributed by atoms with Crippen LogP contribution in [0.25, 0.3) is 11.1 Å². The lowest BCUT2D eigenvalue weighted by Crippen LogP contribution is -2.36. The number of fused-ring (bicyclic) bond motifs is 1. The molecule has 35 heavy (non-hydrogen) atoms. The van der Waals surface area contributed by atoms with Crippen molar-refractivity contribution < 1.29 is 13.9 Å². The van der Waals surface area contributed by atoms with Crippen molar-refractivity contribution in [3.63, 3.8) is 0 Å². The molecule has 2 saturated carbocycles. The third kappa shape index (κ3) is 5.20. The van der Waals surface area contributed by atoms with Gasteiger partial charge in [0.2, 0.25) is 0 Å². The van der Waals surface area contributed by atoms with E-state index < -0.39 is 11.8 Å². The van der Waals surface area contributed by atoms with E-state index in [1.165, 1.54) is 63.4 Å². The zero-order valence-electron chi connectivity index (χ0n) is 21.5. The van der Waals surface area contributed by atoms with Crippen molar-refractivity contribution in [1.82, 2.24) is 0 Å². The van der Waals surface area contributed by atoms with Crippen molar-refractivity contribution in [2.24, 2.45) is 17.8 Å². The molecule has 1 atom stereocenters. The average Bonchev–Trinajstić information content (AvgIpc) is 2.89. The number of halogens is 1. The van der Waals surface area contributed by atoms with Crippen LogP contribution in [0, 0.1) is 23.6 Å². The number of benzene rings is 2. The molecule has 0 radical (unpaired) electrons. The van der Waals surface area contributed by atoms with E-state index in [2.05, 4.69) is 26.0 Å². The molecule has 0 bridgehead atoms. The van der Waals surface area contributed by atoms with Gasteiger partial charge in [-0.1, -0.05) is 82.3 Å². The van der Waals surface area contributed by atoms with E-state index in [1.807, 2.05) is 24.3 Å². The molecule has 0 saturated heterocycles. The quantitative estimate of drug-likeness (QED) is 0.389. The Bertz CT molecular complexity index is 1010. The molecule has 2 aromatic rings. The van der Waals surface area contributed by atoms with Gasteiger partial charge in [0.15, 0.2) is 0 Å². The predicted octanol–water partition coefficient (Wildman–Crippen LogP) is 8.86. The SMILES string of the molecule is CCCC1CCC(C2Cc3ccc(-c4ccc(C5CCC(CC)CC5)cc4)c(F)c3C(=O)O2)CC1. The van der Waals surface area contributed by atoms with Gasteiger partial charge in [0.05, 0.1) is 5.56 Å². The fourth-order valence-corrected chi connectivity index (χ4v) is 7.04. The van der Waals surface area contributed by atoms with E-state index in [0.29, 0.717) is 23.8 Å². The number of esters is 1. The first-order chi connectivity index (χ1) is 17.1. The summed E-state index contributed by atoms with van der Waals surface area (Å²) in [6.07, 6.45) is 14.2. The summed E-state index contributed by atoms with van der Waals surface area (Å²) < 4.78 is 21.5. The summed E-state index contributed by atoms with van der Waals surface area (Å²) in [5.41, 5.74) is 3.66. The minimum absolute atomic E-state index is 0.107. The average molecular weight is 477 g/mol. The number of carbonyl (C=O) groups is 1. The van der Waals surface area contributed by atoms with Gasteiger partial charge < -0.3 is 4.74 Å². The molecule has 3 heteroatoms. The van der Waals surface area contributed by atoms with Gasteiger partial charge >= 0.3 is 5.97 Å². The molecule has 2 nitrogen and oxygen atoms in total. The molecule has 0 N–H and O–H groups in total. The molecule has 0 amide bonds. The van der Waals surface area contributed by atoms with Gasteiger partial charge in [-0.05, 0) is 78.9 Å². The van der Waals surface area contributed by atoms with Gasteiger partial charge in [-0.2, -0.15) is 0 Å². The summed E-state index contributed by atoms with van der Waals surface area (Å²) in [6.45, 7) is 4.54. The van der Waals surface area contributed by atoms with Crippen LogP contribution in [0.5, 0.6) is 0 Å². The Morgan fingerprint density at radius 2 is 1.54 bits per heavy atom. The summed E-state index contributed by atoms with van der Waals surface area (Å²) in [5, 5.41) is 0. The highest BCUT2D eigenvalue weighted by Crippen LogP contribution is 2.40. The number of cyclic esters (lactones) is 1. The van der Waals surface area contributed by atoms with Gasteiger partial charge in [-0.25, -0.2) is 9.18 Å². The number of hydrogen-bond donors (Lipinski definition) is 0. The zero-order valence-corrected chi connectivity index (χ0v) is 21.5. The van der Waals surface area contributed by atoms with E-state index in [9.17, 15) is 4.79 Å². The van der Waals surface area contributed by atoms with Crippen LogP contribution >= 0.6 is 0 Å².